The molecule has 1 aromatic rings. The number of aromatic hydroxyl groups is 2. The smallest absolute Gasteiger partial charge is 0.342 e. The van der Waals surface area contributed by atoms with Crippen LogP contribution in [0.4, 0.5) is 0 Å². The zero-order valence-electron chi connectivity index (χ0n) is 39.6. The molecule has 2 saturated heterocycles. The van der Waals surface area contributed by atoms with E-state index in [1.54, 1.807) is 39.8 Å². The Labute approximate surface area is 401 Å². The Kier molecular flexibility index (Phi) is 20.5. The molecular weight excluding hydrogens is 919 g/mol. The first-order chi connectivity index (χ1) is 31.4. The predicted molar refractivity (Wildman–Crippen MR) is 246 cm³/mol. The Morgan fingerprint density at radius 3 is 2.22 bits per heavy atom. The summed E-state index contributed by atoms with van der Waals surface area (Å²) in [6, 6.07) is 0. The second kappa shape index (κ2) is 24.4. The number of halogens is 2. The van der Waals surface area contributed by atoms with Crippen molar-refractivity contribution in [2.75, 3.05) is 13.7 Å². The molecule has 19 heteroatoms. The molecule has 4 unspecified atom stereocenters. The summed E-state index contributed by atoms with van der Waals surface area (Å²) in [6.07, 6.45) is -5.33. The van der Waals surface area contributed by atoms with Gasteiger partial charge in [0.2, 0.25) is 0 Å². The molecule has 0 bridgehead atoms. The van der Waals surface area contributed by atoms with Crippen LogP contribution in [0.25, 0.3) is 0 Å². The molecule has 14 atom stereocenters. The summed E-state index contributed by atoms with van der Waals surface area (Å²) in [5.74, 6) is -3.68. The third kappa shape index (κ3) is 13.5. The molecule has 4 rings (SSSR count). The molecule has 3 aliphatic rings. The number of cyclic esters (lactones) is 1. The second-order valence-electron chi connectivity index (χ2n) is 17.8. The average molecular weight is 988 g/mol. The van der Waals surface area contributed by atoms with E-state index < -0.39 is 126 Å². The number of hydrogen-bond acceptors (Lipinski definition) is 17. The molecule has 0 saturated carbocycles. The maximum absolute atomic E-state index is 13.9. The summed E-state index contributed by atoms with van der Waals surface area (Å²) in [6.45, 7) is 14.7. The summed E-state index contributed by atoms with van der Waals surface area (Å²) in [7, 11) is 1.26. The summed E-state index contributed by atoms with van der Waals surface area (Å²) in [5.41, 5.74) is 0.400. The van der Waals surface area contributed by atoms with Gasteiger partial charge in [0, 0.05) is 19.4 Å². The molecule has 17 nitrogen and oxygen atoms in total. The van der Waals surface area contributed by atoms with Crippen LogP contribution in [-0.2, 0) is 44.4 Å². The number of hydrogen-bond donors (Lipinski definition) is 8. The Bertz CT molecular complexity index is 2050. The summed E-state index contributed by atoms with van der Waals surface area (Å²) >= 11 is 12.3. The molecule has 3 heterocycles. The van der Waals surface area contributed by atoms with Crippen molar-refractivity contribution in [3.05, 3.63) is 79.9 Å². The van der Waals surface area contributed by atoms with Crippen LogP contribution in [0.1, 0.15) is 97.5 Å². The van der Waals surface area contributed by atoms with Crippen LogP contribution in [0.3, 0.4) is 0 Å². The Morgan fingerprint density at radius 2 is 1.61 bits per heavy atom. The van der Waals surface area contributed by atoms with Gasteiger partial charge in [0.05, 0.1) is 47.2 Å². The summed E-state index contributed by atoms with van der Waals surface area (Å²) in [5, 5.41) is 85.7. The lowest BCUT2D eigenvalue weighted by Gasteiger charge is -2.46. The van der Waals surface area contributed by atoms with Gasteiger partial charge in [-0.3, -0.25) is 0 Å². The van der Waals surface area contributed by atoms with E-state index in [0.29, 0.717) is 23.1 Å². The van der Waals surface area contributed by atoms with E-state index in [0.717, 1.165) is 0 Å². The Morgan fingerprint density at radius 1 is 0.940 bits per heavy atom. The number of rotatable bonds is 11. The van der Waals surface area contributed by atoms with E-state index in [-0.39, 0.29) is 41.3 Å². The number of ether oxygens (including phenoxy) is 7. The van der Waals surface area contributed by atoms with Gasteiger partial charge in [0.15, 0.2) is 30.2 Å². The molecule has 67 heavy (non-hydrogen) atoms. The van der Waals surface area contributed by atoms with Crippen LogP contribution in [0.2, 0.25) is 10.0 Å². The second-order valence-corrected chi connectivity index (χ2v) is 18.6. The van der Waals surface area contributed by atoms with Crippen molar-refractivity contribution in [2.45, 2.75) is 173 Å². The van der Waals surface area contributed by atoms with Gasteiger partial charge < -0.3 is 74.0 Å². The van der Waals surface area contributed by atoms with Crippen molar-refractivity contribution in [3.8, 4) is 11.5 Å². The fourth-order valence-electron chi connectivity index (χ4n) is 8.14. The number of carbonyl (C=O) groups excluding carboxylic acids is 2. The van der Waals surface area contributed by atoms with Crippen LogP contribution in [0.15, 0.2) is 58.7 Å². The number of methoxy groups -OCH3 is 1. The molecule has 376 valence electrons. The lowest BCUT2D eigenvalue weighted by Crippen LogP contribution is -2.63. The lowest BCUT2D eigenvalue weighted by molar-refractivity contribution is -0.331. The minimum absolute atomic E-state index is 0.0296. The van der Waals surface area contributed by atoms with E-state index in [4.69, 9.17) is 56.4 Å². The first-order valence-corrected chi connectivity index (χ1v) is 23.1. The number of aliphatic hydroxyl groups is 6. The first-order valence-electron chi connectivity index (χ1n) is 22.3. The fraction of sp³-hybridized carbons (Fsp3) is 0.625. The minimum atomic E-state index is -1.57. The standard InChI is InChI=1S/C48H68Cl2O17/c1-11-27-20-23(4)30(52)16-14-13-15-28(21-62-47-42(61-10)39(57)41(26(7)63-47)65-45(60)32-29(12-2)33(49)36(54)34(50)35(32)53)44(59)64-31(25(6)51)18-17-22(3)19-24(5)40(27)66-46-38(56)37(55)43(58)48(8,9)67-46/h13-15,17,19-20,25-27,30-31,37-43,46-47,51-58H,11-12,16,18,21H2,1-10H3/b14-13+,22-17+,23-20+,24-19+,28-15+/t25-,26+,27+,30+,31?,37-,38+,39-,40?,41?,42-,43?,46-,47+/m1/s1. The highest BCUT2D eigenvalue weighted by Crippen LogP contribution is 2.45. The normalized spacial score (nSPS) is 36.6. The monoisotopic (exact) mass is 986 g/mol. The van der Waals surface area contributed by atoms with Crippen molar-refractivity contribution in [2.24, 2.45) is 5.92 Å². The largest absolute Gasteiger partial charge is 0.505 e. The summed E-state index contributed by atoms with van der Waals surface area (Å²) in [4.78, 5) is 27.3. The van der Waals surface area contributed by atoms with Crippen LogP contribution in [-0.4, -0.2) is 152 Å². The Hall–Kier alpha value is -3.40. The van der Waals surface area contributed by atoms with Gasteiger partial charge in [-0.25, -0.2) is 9.59 Å². The molecule has 1 aromatic carbocycles. The zero-order chi connectivity index (χ0) is 50.2. The number of benzene rings is 1. The highest BCUT2D eigenvalue weighted by molar-refractivity contribution is 6.39. The maximum Gasteiger partial charge on any atom is 0.342 e. The van der Waals surface area contributed by atoms with E-state index in [2.05, 4.69) is 0 Å². The average Bonchev–Trinajstić information content (AvgIpc) is 3.27. The van der Waals surface area contributed by atoms with Gasteiger partial charge in [0.25, 0.3) is 0 Å². The number of phenolic OH excluding ortho intramolecular Hbond substituents is 2. The van der Waals surface area contributed by atoms with Crippen molar-refractivity contribution in [3.63, 3.8) is 0 Å². The predicted octanol–water partition coefficient (Wildman–Crippen LogP) is 5.03. The molecule has 8 N–H and O–H groups in total. The topological polar surface area (TPSA) is 261 Å². The highest BCUT2D eigenvalue weighted by Gasteiger charge is 2.50. The van der Waals surface area contributed by atoms with Crippen molar-refractivity contribution < 1.29 is 83.6 Å². The number of phenols is 2. The first kappa shape index (κ1) is 56.2. The van der Waals surface area contributed by atoms with Crippen LogP contribution >= 0.6 is 23.2 Å². The molecular formula is C48H68Cl2O17. The molecule has 0 aliphatic carbocycles. The molecule has 3 aliphatic heterocycles. The number of carbonyl (C=O) groups is 2. The van der Waals surface area contributed by atoms with Gasteiger partial charge in [0.1, 0.15) is 47.2 Å². The lowest BCUT2D eigenvalue weighted by atomic mass is 9.88. The maximum atomic E-state index is 13.9. The summed E-state index contributed by atoms with van der Waals surface area (Å²) < 4.78 is 41.5. The van der Waals surface area contributed by atoms with Crippen molar-refractivity contribution in [1.29, 1.82) is 0 Å². The van der Waals surface area contributed by atoms with Crippen molar-refractivity contribution >= 4 is 35.1 Å². The van der Waals surface area contributed by atoms with Crippen LogP contribution in [0, 0.1) is 5.92 Å². The van der Waals surface area contributed by atoms with E-state index in [9.17, 15) is 50.4 Å². The quantitative estimate of drug-likeness (QED) is 0.107. The van der Waals surface area contributed by atoms with Gasteiger partial charge in [-0.2, -0.15) is 0 Å². The molecule has 2 fully saturated rings. The molecule has 0 aromatic heterocycles. The molecule has 0 spiro atoms. The number of allylic oxidation sites excluding steroid dienone is 4. The Balaban J connectivity index is 1.60. The van der Waals surface area contributed by atoms with Gasteiger partial charge >= 0.3 is 11.9 Å². The van der Waals surface area contributed by atoms with E-state index in [1.807, 2.05) is 32.9 Å². The van der Waals surface area contributed by atoms with Gasteiger partial charge in [-0.1, -0.05) is 73.0 Å². The van der Waals surface area contributed by atoms with Crippen molar-refractivity contribution in [1.82, 2.24) is 0 Å². The zero-order valence-corrected chi connectivity index (χ0v) is 41.1. The van der Waals surface area contributed by atoms with Crippen LogP contribution < -0.4 is 0 Å². The van der Waals surface area contributed by atoms with E-state index in [1.165, 1.54) is 33.1 Å². The van der Waals surface area contributed by atoms with Crippen LogP contribution in [0.5, 0.6) is 11.5 Å². The van der Waals surface area contributed by atoms with E-state index >= 15 is 0 Å². The highest BCUT2D eigenvalue weighted by atomic mass is 35.5. The molecule has 0 amide bonds. The van der Waals surface area contributed by atoms with Gasteiger partial charge in [-0.05, 0) is 90.5 Å². The third-order valence-electron chi connectivity index (χ3n) is 12.3. The van der Waals surface area contributed by atoms with Gasteiger partial charge in [-0.15, -0.1) is 0 Å². The minimum Gasteiger partial charge on any atom is -0.505 e. The molecule has 0 radical (unpaired) electrons. The number of esters is 2. The third-order valence-corrected chi connectivity index (χ3v) is 13.1. The fourth-order valence-corrected chi connectivity index (χ4v) is 8.70. The SMILES string of the molecule is CCc1c(Cl)c(O)c(Cl)c(O)c1C(=O)OC1[C@H](C)O[C@H](OC/C2=C\C=C\C[C@H](O)/C(C)=C/[C@H](CC)C(O[C@@H]3OC(C)(C)C(O)[C@H](O)[C@@H]3O)/C(C)=C/C(C)=C/CC([C@@H](C)O)OC2=O)[C@H](OC)[C@@H]1O. The number of aliphatic hydroxyl groups excluding tert-OH is 6.